The number of aromatic nitrogens is 3. The lowest BCUT2D eigenvalue weighted by atomic mass is 9.91. The van der Waals surface area contributed by atoms with E-state index in [0.717, 1.165) is 16.3 Å². The van der Waals surface area contributed by atoms with Gasteiger partial charge in [-0.1, -0.05) is 47.6 Å². The summed E-state index contributed by atoms with van der Waals surface area (Å²) in [5.74, 6) is -0.291. The maximum atomic E-state index is 13.8. The second-order valence-electron chi connectivity index (χ2n) is 5.86. The molecule has 0 N–H and O–H groups in total. The smallest absolute Gasteiger partial charge is 0.185 e. The minimum absolute atomic E-state index is 0.216. The number of hydrogen-bond acceptors (Lipinski definition) is 4. The first-order chi connectivity index (χ1) is 12.1. The fraction of sp³-hybridized carbons (Fsp3) is 0.222. The third-order valence-electron chi connectivity index (χ3n) is 4.31. The summed E-state index contributed by atoms with van der Waals surface area (Å²) < 4.78 is 21.8. The van der Waals surface area contributed by atoms with Crippen LogP contribution in [0.4, 0.5) is 4.39 Å². The van der Waals surface area contributed by atoms with Gasteiger partial charge < -0.3 is 4.74 Å². The first-order valence-electron chi connectivity index (χ1n) is 7.73. The molecule has 4 nitrogen and oxygen atoms in total. The van der Waals surface area contributed by atoms with Crippen molar-refractivity contribution in [1.82, 2.24) is 14.8 Å². The molecule has 3 aromatic rings. The van der Waals surface area contributed by atoms with Crippen LogP contribution in [0.1, 0.15) is 17.2 Å². The molecule has 0 amide bonds. The number of nitrogens with zero attached hydrogens (tertiary/aromatic N) is 3. The van der Waals surface area contributed by atoms with Crippen LogP contribution in [-0.4, -0.2) is 21.0 Å². The molecule has 128 valence electrons. The Bertz CT molecular complexity index is 919. The Morgan fingerprint density at radius 2 is 2.12 bits per heavy atom. The Morgan fingerprint density at radius 1 is 1.28 bits per heavy atom. The maximum Gasteiger partial charge on any atom is 0.185 e. The van der Waals surface area contributed by atoms with E-state index in [4.69, 9.17) is 16.3 Å². The molecule has 1 aliphatic heterocycles. The van der Waals surface area contributed by atoms with E-state index >= 15 is 0 Å². The summed E-state index contributed by atoms with van der Waals surface area (Å²) in [6, 6.07) is 14.1. The van der Waals surface area contributed by atoms with Gasteiger partial charge in [0.25, 0.3) is 0 Å². The van der Waals surface area contributed by atoms with Gasteiger partial charge in [0, 0.05) is 5.02 Å². The standard InChI is InChI=1S/C18H15ClFN3OS/c1-25-17-21-11-22-23(17)10-18(13-5-3-7-15(20)9-13)16(24-18)12-4-2-6-14(19)8-12/h2-9,11,16H,10H2,1H3. The van der Waals surface area contributed by atoms with Crippen molar-refractivity contribution in [3.63, 3.8) is 0 Å². The molecule has 2 unspecified atom stereocenters. The van der Waals surface area contributed by atoms with Crippen molar-refractivity contribution in [3.8, 4) is 0 Å². The zero-order valence-electron chi connectivity index (χ0n) is 13.4. The molecule has 1 aromatic heterocycles. The molecule has 1 fully saturated rings. The Kier molecular flexibility index (Phi) is 4.27. The van der Waals surface area contributed by atoms with Crippen molar-refractivity contribution in [2.24, 2.45) is 0 Å². The van der Waals surface area contributed by atoms with Gasteiger partial charge in [-0.3, -0.25) is 0 Å². The highest BCUT2D eigenvalue weighted by Crippen LogP contribution is 2.58. The molecule has 25 heavy (non-hydrogen) atoms. The van der Waals surface area contributed by atoms with Crippen LogP contribution in [0.15, 0.2) is 60.0 Å². The van der Waals surface area contributed by atoms with Gasteiger partial charge in [-0.15, -0.1) is 0 Å². The zero-order chi connectivity index (χ0) is 17.4. The highest BCUT2D eigenvalue weighted by Gasteiger charge is 2.59. The van der Waals surface area contributed by atoms with Gasteiger partial charge in [-0.05, 0) is 41.6 Å². The molecule has 0 saturated carbocycles. The van der Waals surface area contributed by atoms with E-state index in [9.17, 15) is 4.39 Å². The second kappa shape index (κ2) is 6.44. The van der Waals surface area contributed by atoms with E-state index in [1.54, 1.807) is 10.7 Å². The topological polar surface area (TPSA) is 43.2 Å². The summed E-state index contributed by atoms with van der Waals surface area (Å²) in [4.78, 5) is 4.23. The van der Waals surface area contributed by atoms with E-state index < -0.39 is 5.60 Å². The molecule has 0 radical (unpaired) electrons. The van der Waals surface area contributed by atoms with Crippen LogP contribution in [-0.2, 0) is 16.9 Å². The molecular formula is C18H15ClFN3OS. The molecule has 2 heterocycles. The van der Waals surface area contributed by atoms with E-state index in [0.29, 0.717) is 11.6 Å². The number of epoxide rings is 1. The van der Waals surface area contributed by atoms with Crippen LogP contribution in [0, 0.1) is 5.82 Å². The Hall–Kier alpha value is -1.89. The van der Waals surface area contributed by atoms with Crippen molar-refractivity contribution in [2.75, 3.05) is 6.26 Å². The van der Waals surface area contributed by atoms with E-state index in [1.165, 1.54) is 30.2 Å². The summed E-state index contributed by atoms with van der Waals surface area (Å²) in [7, 11) is 0. The van der Waals surface area contributed by atoms with Crippen LogP contribution in [0.3, 0.4) is 0 Å². The predicted octanol–water partition coefficient (Wildman–Crippen LogP) is 4.46. The summed E-state index contributed by atoms with van der Waals surface area (Å²) in [5, 5.41) is 5.72. The number of rotatable bonds is 5. The number of thioether (sulfide) groups is 1. The Labute approximate surface area is 154 Å². The normalized spacial score (nSPS) is 22.1. The molecule has 1 saturated heterocycles. The SMILES string of the molecule is CSc1ncnn1CC1(c2cccc(F)c2)OC1c1cccc(Cl)c1. The summed E-state index contributed by atoms with van der Waals surface area (Å²) in [6.07, 6.45) is 3.24. The molecule has 0 aliphatic carbocycles. The van der Waals surface area contributed by atoms with Crippen molar-refractivity contribution in [2.45, 2.75) is 23.4 Å². The number of hydrogen-bond donors (Lipinski definition) is 0. The molecule has 1 aliphatic rings. The average molecular weight is 376 g/mol. The molecular weight excluding hydrogens is 361 g/mol. The van der Waals surface area contributed by atoms with E-state index in [1.807, 2.05) is 36.6 Å². The van der Waals surface area contributed by atoms with Crippen LogP contribution >= 0.6 is 23.4 Å². The lowest BCUT2D eigenvalue weighted by molar-refractivity contribution is 0.256. The Balaban J connectivity index is 1.75. The van der Waals surface area contributed by atoms with Crippen molar-refractivity contribution < 1.29 is 9.13 Å². The lowest BCUT2D eigenvalue weighted by Crippen LogP contribution is -2.20. The first-order valence-corrected chi connectivity index (χ1v) is 9.34. The second-order valence-corrected chi connectivity index (χ2v) is 7.07. The lowest BCUT2D eigenvalue weighted by Gasteiger charge is -2.15. The minimum atomic E-state index is -0.690. The summed E-state index contributed by atoms with van der Waals surface area (Å²) >= 11 is 7.63. The van der Waals surface area contributed by atoms with Gasteiger partial charge in [0.2, 0.25) is 0 Å². The predicted molar refractivity (Wildman–Crippen MR) is 95.2 cm³/mol. The highest BCUT2D eigenvalue weighted by atomic mass is 35.5. The van der Waals surface area contributed by atoms with Gasteiger partial charge in [0.05, 0.1) is 6.54 Å². The van der Waals surface area contributed by atoms with Crippen LogP contribution < -0.4 is 0 Å². The van der Waals surface area contributed by atoms with E-state index in [-0.39, 0.29) is 11.9 Å². The fourth-order valence-electron chi connectivity index (χ4n) is 3.11. The van der Waals surface area contributed by atoms with E-state index in [2.05, 4.69) is 10.1 Å². The van der Waals surface area contributed by atoms with Gasteiger partial charge >= 0.3 is 0 Å². The monoisotopic (exact) mass is 375 g/mol. The number of ether oxygens (including phenoxy) is 1. The Morgan fingerprint density at radius 3 is 2.88 bits per heavy atom. The van der Waals surface area contributed by atoms with Crippen molar-refractivity contribution in [1.29, 1.82) is 0 Å². The highest BCUT2D eigenvalue weighted by molar-refractivity contribution is 7.98. The van der Waals surface area contributed by atoms with Crippen LogP contribution in [0.25, 0.3) is 0 Å². The van der Waals surface area contributed by atoms with Crippen molar-refractivity contribution >= 4 is 23.4 Å². The molecule has 7 heteroatoms. The maximum absolute atomic E-state index is 13.8. The van der Waals surface area contributed by atoms with Gasteiger partial charge in [0.1, 0.15) is 23.8 Å². The summed E-state index contributed by atoms with van der Waals surface area (Å²) in [5.41, 5.74) is 1.05. The molecule has 4 rings (SSSR count). The quantitative estimate of drug-likeness (QED) is 0.488. The molecule has 0 spiro atoms. The van der Waals surface area contributed by atoms with Crippen LogP contribution in [0.5, 0.6) is 0 Å². The van der Waals surface area contributed by atoms with Gasteiger partial charge in [-0.2, -0.15) is 5.10 Å². The third kappa shape index (κ3) is 3.05. The minimum Gasteiger partial charge on any atom is -0.354 e. The third-order valence-corrected chi connectivity index (χ3v) is 5.22. The number of halogens is 2. The van der Waals surface area contributed by atoms with Gasteiger partial charge in [-0.25, -0.2) is 14.1 Å². The summed E-state index contributed by atoms with van der Waals surface area (Å²) in [6.45, 7) is 0.448. The van der Waals surface area contributed by atoms with Gasteiger partial charge in [0.15, 0.2) is 5.16 Å². The number of benzene rings is 2. The average Bonchev–Trinajstić information content (AvgIpc) is 3.16. The zero-order valence-corrected chi connectivity index (χ0v) is 15.0. The molecule has 2 aromatic carbocycles. The molecule has 2 atom stereocenters. The fourth-order valence-corrected chi connectivity index (χ4v) is 3.78. The largest absolute Gasteiger partial charge is 0.354 e. The first kappa shape index (κ1) is 16.6. The molecule has 0 bridgehead atoms. The van der Waals surface area contributed by atoms with Crippen molar-refractivity contribution in [3.05, 3.63) is 76.8 Å². The van der Waals surface area contributed by atoms with Crippen LogP contribution in [0.2, 0.25) is 5.02 Å².